The fraction of sp³-hybridized carbons (Fsp3) is 0.133. The number of anilines is 1. The molecule has 114 valence electrons. The van der Waals surface area contributed by atoms with Crippen LogP contribution in [0.25, 0.3) is 0 Å². The van der Waals surface area contributed by atoms with Crippen molar-refractivity contribution in [3.05, 3.63) is 59.7 Å². The van der Waals surface area contributed by atoms with E-state index < -0.39 is 17.6 Å². The van der Waals surface area contributed by atoms with Crippen LogP contribution in [-0.4, -0.2) is 36.0 Å². The van der Waals surface area contributed by atoms with Crippen LogP contribution >= 0.6 is 0 Å². The number of rotatable bonds is 4. The monoisotopic (exact) mass is 303 g/mol. The van der Waals surface area contributed by atoms with E-state index >= 15 is 0 Å². The average Bonchev–Trinajstić information content (AvgIpc) is 2.54. The van der Waals surface area contributed by atoms with Gasteiger partial charge in [0, 0.05) is 18.9 Å². The topological polar surface area (TPSA) is 71.5 Å². The highest BCUT2D eigenvalue weighted by atomic mass is 19.1. The molecule has 0 bridgehead atoms. The van der Waals surface area contributed by atoms with E-state index in [2.05, 4.69) is 10.3 Å². The molecule has 2 aromatic rings. The molecule has 7 heteroatoms. The van der Waals surface area contributed by atoms with Crippen molar-refractivity contribution in [1.29, 1.82) is 0 Å². The Morgan fingerprint density at radius 2 is 2.05 bits per heavy atom. The molecule has 6 nitrogen and oxygen atoms in total. The van der Waals surface area contributed by atoms with Crippen molar-refractivity contribution in [3.63, 3.8) is 0 Å². The van der Waals surface area contributed by atoms with Crippen molar-refractivity contribution in [1.82, 2.24) is 10.0 Å². The average molecular weight is 303 g/mol. The molecule has 1 aromatic heterocycles. The van der Waals surface area contributed by atoms with Crippen LogP contribution in [0.5, 0.6) is 0 Å². The van der Waals surface area contributed by atoms with E-state index in [1.54, 1.807) is 12.1 Å². The highest BCUT2D eigenvalue weighted by Gasteiger charge is 2.17. The summed E-state index contributed by atoms with van der Waals surface area (Å²) in [5, 5.41) is 3.42. The summed E-state index contributed by atoms with van der Waals surface area (Å²) in [6.07, 6.45) is 1.48. The lowest BCUT2D eigenvalue weighted by Gasteiger charge is -2.14. The predicted molar refractivity (Wildman–Crippen MR) is 77.7 cm³/mol. The van der Waals surface area contributed by atoms with E-state index in [9.17, 15) is 14.0 Å². The first kappa shape index (κ1) is 15.6. The summed E-state index contributed by atoms with van der Waals surface area (Å²) >= 11 is 0. The number of nitrogens with one attached hydrogen (secondary N) is 1. The van der Waals surface area contributed by atoms with Crippen molar-refractivity contribution >= 4 is 17.5 Å². The Balaban J connectivity index is 2.16. The molecule has 0 saturated carbocycles. The highest BCUT2D eigenvalue weighted by Crippen LogP contribution is 2.16. The Morgan fingerprint density at radius 3 is 2.64 bits per heavy atom. The quantitative estimate of drug-likeness (QED) is 0.878. The Morgan fingerprint density at radius 1 is 1.27 bits per heavy atom. The van der Waals surface area contributed by atoms with Gasteiger partial charge in [0.25, 0.3) is 11.8 Å². The molecule has 0 aliphatic rings. The van der Waals surface area contributed by atoms with E-state index in [0.29, 0.717) is 0 Å². The van der Waals surface area contributed by atoms with Gasteiger partial charge < -0.3 is 5.32 Å². The van der Waals surface area contributed by atoms with Gasteiger partial charge >= 0.3 is 0 Å². The molecule has 0 saturated heterocycles. The second kappa shape index (κ2) is 6.77. The van der Waals surface area contributed by atoms with E-state index in [1.165, 1.54) is 38.6 Å². The SMILES string of the molecule is CON(C)C(=O)c1ccc(NC(=O)c2ccccn2)cc1F. The Hall–Kier alpha value is -2.80. The van der Waals surface area contributed by atoms with Crippen molar-refractivity contribution in [3.8, 4) is 0 Å². The van der Waals surface area contributed by atoms with Crippen LogP contribution in [0.4, 0.5) is 10.1 Å². The van der Waals surface area contributed by atoms with Gasteiger partial charge in [0.15, 0.2) is 0 Å². The first-order valence-corrected chi connectivity index (χ1v) is 6.37. The summed E-state index contributed by atoms with van der Waals surface area (Å²) in [4.78, 5) is 32.3. The van der Waals surface area contributed by atoms with Crippen LogP contribution < -0.4 is 5.32 Å². The maximum Gasteiger partial charge on any atom is 0.280 e. The van der Waals surface area contributed by atoms with Crippen molar-refractivity contribution in [2.45, 2.75) is 0 Å². The maximum atomic E-state index is 14.0. The van der Waals surface area contributed by atoms with Crippen LogP contribution in [0.3, 0.4) is 0 Å². The standard InChI is InChI=1S/C15H14FN3O3/c1-19(22-2)15(21)11-7-6-10(9-12(11)16)18-14(20)13-5-3-4-8-17-13/h3-9H,1-2H3,(H,18,20). The number of aromatic nitrogens is 1. The summed E-state index contributed by atoms with van der Waals surface area (Å²) in [5.74, 6) is -1.84. The Labute approximate surface area is 126 Å². The predicted octanol–water partition coefficient (Wildman–Crippen LogP) is 2.11. The molecule has 0 fully saturated rings. The molecule has 1 N–H and O–H groups in total. The smallest absolute Gasteiger partial charge is 0.280 e. The second-order valence-corrected chi connectivity index (χ2v) is 4.35. The molecule has 2 amide bonds. The van der Waals surface area contributed by atoms with Gasteiger partial charge in [-0.3, -0.25) is 19.4 Å². The molecule has 2 rings (SSSR count). The van der Waals surface area contributed by atoms with Gasteiger partial charge in [-0.1, -0.05) is 6.07 Å². The number of amides is 2. The molecule has 0 spiro atoms. The van der Waals surface area contributed by atoms with Crippen molar-refractivity contribution in [2.75, 3.05) is 19.5 Å². The van der Waals surface area contributed by atoms with E-state index in [0.717, 1.165) is 11.1 Å². The van der Waals surface area contributed by atoms with Gasteiger partial charge in [0.2, 0.25) is 0 Å². The molecule has 0 unspecified atom stereocenters. The summed E-state index contributed by atoms with van der Waals surface area (Å²) < 4.78 is 14.0. The largest absolute Gasteiger partial charge is 0.321 e. The zero-order valence-corrected chi connectivity index (χ0v) is 12.0. The molecule has 0 aliphatic heterocycles. The van der Waals surface area contributed by atoms with Gasteiger partial charge in [-0.2, -0.15) is 0 Å². The summed E-state index contributed by atoms with van der Waals surface area (Å²) in [6, 6.07) is 8.67. The third-order valence-corrected chi connectivity index (χ3v) is 2.91. The van der Waals surface area contributed by atoms with Crippen molar-refractivity contribution in [2.24, 2.45) is 0 Å². The first-order valence-electron chi connectivity index (χ1n) is 6.37. The van der Waals surface area contributed by atoms with Crippen molar-refractivity contribution < 1.29 is 18.8 Å². The normalized spacial score (nSPS) is 10.1. The lowest BCUT2D eigenvalue weighted by Crippen LogP contribution is -2.26. The lowest BCUT2D eigenvalue weighted by atomic mass is 10.1. The Kier molecular flexibility index (Phi) is 4.80. The lowest BCUT2D eigenvalue weighted by molar-refractivity contribution is -0.0759. The van der Waals surface area contributed by atoms with Crippen LogP contribution in [-0.2, 0) is 4.84 Å². The minimum absolute atomic E-state index is 0.153. The fourth-order valence-electron chi connectivity index (χ4n) is 1.71. The van der Waals surface area contributed by atoms with Gasteiger partial charge in [0.1, 0.15) is 11.5 Å². The van der Waals surface area contributed by atoms with E-state index in [-0.39, 0.29) is 16.9 Å². The second-order valence-electron chi connectivity index (χ2n) is 4.35. The number of hydrogen-bond donors (Lipinski definition) is 1. The third-order valence-electron chi connectivity index (χ3n) is 2.91. The molecule has 1 heterocycles. The number of pyridine rings is 1. The number of hydroxylamine groups is 2. The summed E-state index contributed by atoms with van der Waals surface area (Å²) in [7, 11) is 2.68. The zero-order chi connectivity index (χ0) is 16.1. The van der Waals surface area contributed by atoms with Crippen LogP contribution in [0, 0.1) is 5.82 Å². The highest BCUT2D eigenvalue weighted by molar-refractivity contribution is 6.03. The number of halogens is 1. The zero-order valence-electron chi connectivity index (χ0n) is 12.0. The van der Waals surface area contributed by atoms with Gasteiger partial charge in [-0.25, -0.2) is 9.45 Å². The Bertz CT molecular complexity index is 692. The molecule has 0 radical (unpaired) electrons. The molecule has 1 aromatic carbocycles. The number of hydrogen-bond acceptors (Lipinski definition) is 4. The molecule has 0 atom stereocenters. The number of carbonyl (C=O) groups is 2. The maximum absolute atomic E-state index is 14.0. The third kappa shape index (κ3) is 3.44. The summed E-state index contributed by atoms with van der Waals surface area (Å²) in [6.45, 7) is 0. The molecule has 22 heavy (non-hydrogen) atoms. The van der Waals surface area contributed by atoms with Crippen LogP contribution in [0.15, 0.2) is 42.6 Å². The van der Waals surface area contributed by atoms with Gasteiger partial charge in [0.05, 0.1) is 12.7 Å². The first-order chi connectivity index (χ1) is 10.5. The minimum atomic E-state index is -0.757. The number of benzene rings is 1. The number of carbonyl (C=O) groups excluding carboxylic acids is 2. The molecule has 0 aliphatic carbocycles. The fourth-order valence-corrected chi connectivity index (χ4v) is 1.71. The molecular formula is C15H14FN3O3. The summed E-state index contributed by atoms with van der Waals surface area (Å²) in [5.41, 5.74) is 0.284. The van der Waals surface area contributed by atoms with E-state index in [1.807, 2.05) is 0 Å². The van der Waals surface area contributed by atoms with Crippen LogP contribution in [0.1, 0.15) is 20.8 Å². The minimum Gasteiger partial charge on any atom is -0.321 e. The molecular weight excluding hydrogens is 289 g/mol. The van der Waals surface area contributed by atoms with Gasteiger partial charge in [-0.15, -0.1) is 0 Å². The van der Waals surface area contributed by atoms with Gasteiger partial charge in [-0.05, 0) is 30.3 Å². The van der Waals surface area contributed by atoms with E-state index in [4.69, 9.17) is 4.84 Å². The number of nitrogens with zero attached hydrogens (tertiary/aromatic N) is 2. The van der Waals surface area contributed by atoms with Crippen LogP contribution in [0.2, 0.25) is 0 Å².